The molecule has 0 amide bonds. The van der Waals surface area contributed by atoms with E-state index in [1.807, 2.05) is 6.92 Å². The van der Waals surface area contributed by atoms with Crippen molar-refractivity contribution in [2.75, 3.05) is 6.54 Å². The number of hydrogen-bond donors (Lipinski definition) is 1. The molecule has 0 saturated heterocycles. The Morgan fingerprint density at radius 2 is 1.96 bits per heavy atom. The number of nitrogens with one attached hydrogen (secondary N) is 1. The monoisotopic (exact) mass is 366 g/mol. The fraction of sp³-hybridized carbons (Fsp3) is 0.167. The van der Waals surface area contributed by atoms with Gasteiger partial charge >= 0.3 is 0 Å². The standard InChI is InChI=1S/C18H14N4O3S/c1-10-2-4-12(5-3-10)26(24,25)22-9-11-6-7-19-15-13-8-20-21-16(13)18(23)17(22)14(11)15/h2-5,8-9H,6-7H2,1H3,(H,20,21). The Kier molecular flexibility index (Phi) is 2.94. The summed E-state index contributed by atoms with van der Waals surface area (Å²) in [5, 5.41) is 6.63. The van der Waals surface area contributed by atoms with Crippen molar-refractivity contribution in [2.45, 2.75) is 18.2 Å². The minimum absolute atomic E-state index is 0.135. The van der Waals surface area contributed by atoms with Crippen molar-refractivity contribution in [3.05, 3.63) is 70.3 Å². The third-order valence-corrected chi connectivity index (χ3v) is 6.53. The van der Waals surface area contributed by atoms with Gasteiger partial charge in [0.15, 0.2) is 0 Å². The Morgan fingerprint density at radius 1 is 1.19 bits per heavy atom. The van der Waals surface area contributed by atoms with E-state index in [9.17, 15) is 13.2 Å². The quantitative estimate of drug-likeness (QED) is 0.584. The van der Waals surface area contributed by atoms with E-state index >= 15 is 0 Å². The van der Waals surface area contributed by atoms with Gasteiger partial charge in [-0.05, 0) is 31.0 Å². The molecule has 3 heterocycles. The lowest BCUT2D eigenvalue weighted by Crippen LogP contribution is -2.27. The second kappa shape index (κ2) is 5.01. The van der Waals surface area contributed by atoms with Gasteiger partial charge in [-0.3, -0.25) is 14.9 Å². The van der Waals surface area contributed by atoms with Crippen LogP contribution >= 0.6 is 0 Å². The van der Waals surface area contributed by atoms with Crippen molar-refractivity contribution in [1.82, 2.24) is 14.2 Å². The summed E-state index contributed by atoms with van der Waals surface area (Å²) in [5.74, 6) is -0.379. The fourth-order valence-corrected chi connectivity index (χ4v) is 4.95. The molecule has 1 aliphatic heterocycles. The van der Waals surface area contributed by atoms with Crippen LogP contribution in [0.25, 0.3) is 0 Å². The van der Waals surface area contributed by atoms with Crippen LogP contribution in [0.1, 0.15) is 38.4 Å². The topological polar surface area (TPSA) is 97.2 Å². The Hall–Kier alpha value is -3.00. The molecule has 5 rings (SSSR count). The highest BCUT2D eigenvalue weighted by Crippen LogP contribution is 2.34. The lowest BCUT2D eigenvalue weighted by Gasteiger charge is -2.19. The van der Waals surface area contributed by atoms with Crippen molar-refractivity contribution in [2.24, 2.45) is 4.99 Å². The first-order valence-corrected chi connectivity index (χ1v) is 9.62. The second-order valence-corrected chi connectivity index (χ2v) is 8.27. The van der Waals surface area contributed by atoms with Crippen LogP contribution in [-0.2, 0) is 16.4 Å². The van der Waals surface area contributed by atoms with E-state index in [2.05, 4.69) is 15.2 Å². The minimum atomic E-state index is -3.89. The van der Waals surface area contributed by atoms with Crippen LogP contribution in [0, 0.1) is 6.92 Å². The van der Waals surface area contributed by atoms with E-state index in [1.165, 1.54) is 0 Å². The molecule has 130 valence electrons. The van der Waals surface area contributed by atoms with Gasteiger partial charge in [0.1, 0.15) is 11.4 Å². The van der Waals surface area contributed by atoms with Crippen LogP contribution in [0.2, 0.25) is 0 Å². The first-order valence-electron chi connectivity index (χ1n) is 8.18. The molecule has 7 nitrogen and oxygen atoms in total. The molecule has 2 aliphatic rings. The maximum Gasteiger partial charge on any atom is 0.268 e. The third-order valence-electron chi connectivity index (χ3n) is 4.85. The number of H-pyrrole nitrogens is 1. The number of aromatic amines is 1. The third kappa shape index (κ3) is 1.87. The summed E-state index contributed by atoms with van der Waals surface area (Å²) in [7, 11) is -3.89. The summed E-state index contributed by atoms with van der Waals surface area (Å²) in [6.45, 7) is 2.44. The zero-order valence-electron chi connectivity index (χ0n) is 13.9. The average Bonchev–Trinajstić information content (AvgIpc) is 3.26. The van der Waals surface area contributed by atoms with Gasteiger partial charge in [-0.1, -0.05) is 17.7 Å². The number of aliphatic imine (C=N–C) groups is 1. The highest BCUT2D eigenvalue weighted by atomic mass is 32.2. The fourth-order valence-electron chi connectivity index (χ4n) is 3.56. The summed E-state index contributed by atoms with van der Waals surface area (Å²) in [6, 6.07) is 6.59. The summed E-state index contributed by atoms with van der Waals surface area (Å²) in [6.07, 6.45) is 3.73. The number of carbonyl (C=O) groups excluding carboxylic acids is 1. The Morgan fingerprint density at radius 3 is 2.73 bits per heavy atom. The SMILES string of the molecule is Cc1ccc(S(=O)(=O)n2cc3c4c2C(=O)c2[nH]ncc2C4=NCC3)cc1. The predicted molar refractivity (Wildman–Crippen MR) is 94.4 cm³/mol. The number of benzene rings is 1. The van der Waals surface area contributed by atoms with Crippen molar-refractivity contribution in [3.63, 3.8) is 0 Å². The van der Waals surface area contributed by atoms with Gasteiger partial charge in [0, 0.05) is 23.9 Å². The lowest BCUT2D eigenvalue weighted by molar-refractivity contribution is 0.102. The summed E-state index contributed by atoms with van der Waals surface area (Å²) in [5.41, 5.74) is 4.09. The number of ketones is 1. The summed E-state index contributed by atoms with van der Waals surface area (Å²) >= 11 is 0. The molecule has 0 radical (unpaired) electrons. The Labute approximate surface area is 149 Å². The Bertz CT molecular complexity index is 1210. The van der Waals surface area contributed by atoms with Crippen LogP contribution < -0.4 is 0 Å². The van der Waals surface area contributed by atoms with Crippen molar-refractivity contribution < 1.29 is 13.2 Å². The molecule has 0 unspecified atom stereocenters. The predicted octanol–water partition coefficient (Wildman–Crippen LogP) is 1.69. The number of nitrogens with zero attached hydrogens (tertiary/aromatic N) is 3. The molecule has 0 fully saturated rings. The van der Waals surface area contributed by atoms with E-state index in [1.54, 1.807) is 36.7 Å². The van der Waals surface area contributed by atoms with Crippen molar-refractivity contribution in [1.29, 1.82) is 0 Å². The van der Waals surface area contributed by atoms with Crippen LogP contribution in [0.15, 0.2) is 46.5 Å². The summed E-state index contributed by atoms with van der Waals surface area (Å²) in [4.78, 5) is 17.7. The van der Waals surface area contributed by atoms with Gasteiger partial charge in [0.05, 0.1) is 16.8 Å². The van der Waals surface area contributed by atoms with E-state index in [4.69, 9.17) is 0 Å². The molecular formula is C18H14N4O3S. The molecule has 26 heavy (non-hydrogen) atoms. The van der Waals surface area contributed by atoms with Crippen molar-refractivity contribution >= 4 is 21.5 Å². The van der Waals surface area contributed by atoms with Gasteiger partial charge in [0.2, 0.25) is 5.78 Å². The highest BCUT2D eigenvalue weighted by Gasteiger charge is 2.39. The van der Waals surface area contributed by atoms with Gasteiger partial charge in [-0.2, -0.15) is 5.10 Å². The number of aromatic nitrogens is 3. The van der Waals surface area contributed by atoms with Crippen LogP contribution in [0.4, 0.5) is 0 Å². The molecule has 2 aromatic heterocycles. The largest absolute Gasteiger partial charge is 0.285 e. The molecule has 0 spiro atoms. The molecule has 0 bridgehead atoms. The first-order chi connectivity index (χ1) is 12.5. The molecule has 0 saturated carbocycles. The van der Waals surface area contributed by atoms with Gasteiger partial charge in [-0.15, -0.1) is 0 Å². The summed E-state index contributed by atoms with van der Waals surface area (Å²) < 4.78 is 27.5. The second-order valence-electron chi connectivity index (χ2n) is 6.46. The maximum absolute atomic E-state index is 13.2. The normalized spacial score (nSPS) is 15.4. The molecule has 1 aliphatic carbocycles. The van der Waals surface area contributed by atoms with Crippen LogP contribution in [0.3, 0.4) is 0 Å². The van der Waals surface area contributed by atoms with Crippen molar-refractivity contribution in [3.8, 4) is 0 Å². The molecule has 3 aromatic rings. The molecule has 0 atom stereocenters. The zero-order chi connectivity index (χ0) is 18.1. The minimum Gasteiger partial charge on any atom is -0.285 e. The van der Waals surface area contributed by atoms with E-state index in [0.29, 0.717) is 29.8 Å². The maximum atomic E-state index is 13.2. The zero-order valence-corrected chi connectivity index (χ0v) is 14.7. The number of fused-ring (bicyclic) bond motifs is 2. The Balaban J connectivity index is 1.79. The van der Waals surface area contributed by atoms with E-state index < -0.39 is 10.0 Å². The highest BCUT2D eigenvalue weighted by molar-refractivity contribution is 7.90. The van der Waals surface area contributed by atoms with Gasteiger partial charge in [0.25, 0.3) is 10.0 Å². The number of carbonyl (C=O) groups is 1. The lowest BCUT2D eigenvalue weighted by atomic mass is 9.88. The molecule has 1 N–H and O–H groups in total. The number of hydrogen-bond acceptors (Lipinski definition) is 5. The molecular weight excluding hydrogens is 352 g/mol. The number of aryl methyl sites for hydroxylation is 1. The first kappa shape index (κ1) is 15.3. The smallest absolute Gasteiger partial charge is 0.268 e. The molecule has 8 heteroatoms. The van der Waals surface area contributed by atoms with E-state index in [-0.39, 0.29) is 22.1 Å². The average molecular weight is 366 g/mol. The van der Waals surface area contributed by atoms with Crippen LogP contribution in [0.5, 0.6) is 0 Å². The van der Waals surface area contributed by atoms with Gasteiger partial charge < -0.3 is 0 Å². The number of rotatable bonds is 2. The van der Waals surface area contributed by atoms with Gasteiger partial charge in [-0.25, -0.2) is 12.4 Å². The van der Waals surface area contributed by atoms with Crippen LogP contribution in [-0.4, -0.2) is 40.6 Å². The molecule has 1 aromatic carbocycles. The van der Waals surface area contributed by atoms with E-state index in [0.717, 1.165) is 15.1 Å².